The summed E-state index contributed by atoms with van der Waals surface area (Å²) in [6.45, 7) is 6.42. The molecule has 1 amide bonds. The fraction of sp³-hybridized carbons (Fsp3) is 0.250. The van der Waals surface area contributed by atoms with E-state index in [2.05, 4.69) is 28.0 Å². The summed E-state index contributed by atoms with van der Waals surface area (Å²) < 4.78 is 25.1. The maximum atomic E-state index is 12.6. The molecular weight excluding hydrogens is 362 g/mol. The van der Waals surface area contributed by atoms with Crippen molar-refractivity contribution in [1.29, 1.82) is 0 Å². The molecule has 142 valence electrons. The summed E-state index contributed by atoms with van der Waals surface area (Å²) in [7, 11) is -3.34. The van der Waals surface area contributed by atoms with E-state index in [-0.39, 0.29) is 5.91 Å². The smallest absolute Gasteiger partial charge is 0.267 e. The number of amides is 1. The predicted molar refractivity (Wildman–Crippen MR) is 109 cm³/mol. The summed E-state index contributed by atoms with van der Waals surface area (Å²) in [5.74, 6) is -0.205. The number of hydrogen-bond acceptors (Lipinski definition) is 3. The Labute approximate surface area is 159 Å². The second-order valence-electron chi connectivity index (χ2n) is 6.86. The molecule has 0 saturated carbocycles. The van der Waals surface area contributed by atoms with Crippen molar-refractivity contribution < 1.29 is 13.2 Å². The van der Waals surface area contributed by atoms with Crippen LogP contribution in [0.5, 0.6) is 0 Å². The van der Waals surface area contributed by atoms with Gasteiger partial charge in [-0.3, -0.25) is 9.52 Å². The molecule has 0 atom stereocenters. The van der Waals surface area contributed by atoms with Crippen molar-refractivity contribution in [2.24, 2.45) is 0 Å². The molecule has 0 aliphatic rings. The summed E-state index contributed by atoms with van der Waals surface area (Å²) in [4.78, 5) is 15.8. The molecule has 3 aromatic rings. The van der Waals surface area contributed by atoms with Crippen molar-refractivity contribution in [3.63, 3.8) is 0 Å². The molecule has 1 aromatic heterocycles. The number of fused-ring (bicyclic) bond motifs is 1. The van der Waals surface area contributed by atoms with Gasteiger partial charge in [-0.2, -0.15) is 0 Å². The van der Waals surface area contributed by atoms with Gasteiger partial charge in [-0.25, -0.2) is 8.42 Å². The number of aromatic nitrogens is 1. The number of sulfonamides is 1. The first-order valence-corrected chi connectivity index (χ1v) is 10.5. The quantitative estimate of drug-likeness (QED) is 0.629. The Morgan fingerprint density at radius 1 is 1.07 bits per heavy atom. The van der Waals surface area contributed by atoms with Gasteiger partial charge in [0.2, 0.25) is 10.0 Å². The van der Waals surface area contributed by atoms with E-state index in [0.717, 1.165) is 33.8 Å². The van der Waals surface area contributed by atoms with E-state index < -0.39 is 10.0 Å². The van der Waals surface area contributed by atoms with Crippen molar-refractivity contribution in [3.05, 3.63) is 64.3 Å². The maximum absolute atomic E-state index is 12.6. The largest absolute Gasteiger partial charge is 0.350 e. The first-order chi connectivity index (χ1) is 12.6. The van der Waals surface area contributed by atoms with Gasteiger partial charge in [-0.05, 0) is 61.2 Å². The lowest BCUT2D eigenvalue weighted by atomic mass is 10.0. The van der Waals surface area contributed by atoms with Crippen LogP contribution in [0.4, 0.5) is 5.69 Å². The van der Waals surface area contributed by atoms with E-state index in [9.17, 15) is 13.2 Å². The molecule has 0 fully saturated rings. The number of carbonyl (C=O) groups is 1. The lowest BCUT2D eigenvalue weighted by molar-refractivity contribution is 0.0946. The summed E-state index contributed by atoms with van der Waals surface area (Å²) in [6, 6.07) is 10.9. The third-order valence-electron chi connectivity index (χ3n) is 4.57. The van der Waals surface area contributed by atoms with Crippen molar-refractivity contribution in [3.8, 4) is 0 Å². The lowest BCUT2D eigenvalue weighted by Gasteiger charge is -2.08. The Morgan fingerprint density at radius 3 is 2.52 bits per heavy atom. The number of hydrogen-bond donors (Lipinski definition) is 3. The highest BCUT2D eigenvalue weighted by Crippen LogP contribution is 2.25. The lowest BCUT2D eigenvalue weighted by Crippen LogP contribution is -2.23. The molecule has 0 spiro atoms. The van der Waals surface area contributed by atoms with Crippen LogP contribution in [0.3, 0.4) is 0 Å². The molecule has 0 unspecified atom stereocenters. The summed E-state index contributed by atoms with van der Waals surface area (Å²) in [5.41, 5.74) is 6.21. The SMILES string of the molecule is Cc1cc(C)c2cc(C(=O)NCc3cccc(NS(C)(=O)=O)c3)[nH]c2c1C. The Kier molecular flexibility index (Phi) is 4.97. The highest BCUT2D eigenvalue weighted by Gasteiger charge is 2.13. The molecule has 3 rings (SSSR count). The normalized spacial score (nSPS) is 11.6. The van der Waals surface area contributed by atoms with Crippen LogP contribution in [0.25, 0.3) is 10.9 Å². The topological polar surface area (TPSA) is 91.1 Å². The van der Waals surface area contributed by atoms with Crippen LogP contribution in [0.2, 0.25) is 0 Å². The number of rotatable bonds is 5. The fourth-order valence-electron chi connectivity index (χ4n) is 3.13. The molecule has 0 aliphatic carbocycles. The number of anilines is 1. The number of nitrogens with one attached hydrogen (secondary N) is 3. The predicted octanol–water partition coefficient (Wildman–Crippen LogP) is 3.39. The third-order valence-corrected chi connectivity index (χ3v) is 5.18. The maximum Gasteiger partial charge on any atom is 0.267 e. The standard InChI is InChI=1S/C20H23N3O3S/c1-12-8-13(2)17-10-18(22-19(17)14(12)3)20(24)21-11-15-6-5-7-16(9-15)23-27(4,25)26/h5-10,22-23H,11H2,1-4H3,(H,21,24). The van der Waals surface area contributed by atoms with Crippen molar-refractivity contribution >= 4 is 32.5 Å². The van der Waals surface area contributed by atoms with Gasteiger partial charge in [0.15, 0.2) is 0 Å². The van der Waals surface area contributed by atoms with Crippen LogP contribution in [-0.2, 0) is 16.6 Å². The zero-order valence-corrected chi connectivity index (χ0v) is 16.6. The molecule has 7 heteroatoms. The zero-order chi connectivity index (χ0) is 19.8. The molecule has 1 heterocycles. The number of H-pyrrole nitrogens is 1. The fourth-order valence-corrected chi connectivity index (χ4v) is 3.68. The average Bonchev–Trinajstić information content (AvgIpc) is 3.03. The van der Waals surface area contributed by atoms with Gasteiger partial charge in [0.05, 0.1) is 6.26 Å². The Bertz CT molecular complexity index is 1130. The molecule has 0 bridgehead atoms. The van der Waals surface area contributed by atoms with Gasteiger partial charge in [-0.1, -0.05) is 18.2 Å². The molecule has 3 N–H and O–H groups in total. The summed E-state index contributed by atoms with van der Waals surface area (Å²) in [5, 5.41) is 3.92. The van der Waals surface area contributed by atoms with Crippen LogP contribution in [0.15, 0.2) is 36.4 Å². The van der Waals surface area contributed by atoms with Gasteiger partial charge in [0.25, 0.3) is 5.91 Å². The molecule has 27 heavy (non-hydrogen) atoms. The van der Waals surface area contributed by atoms with E-state index >= 15 is 0 Å². The van der Waals surface area contributed by atoms with Crippen molar-refractivity contribution in [2.45, 2.75) is 27.3 Å². The highest BCUT2D eigenvalue weighted by atomic mass is 32.2. The van der Waals surface area contributed by atoms with E-state index in [0.29, 0.717) is 17.9 Å². The minimum Gasteiger partial charge on any atom is -0.350 e. The van der Waals surface area contributed by atoms with Crippen molar-refractivity contribution in [2.75, 3.05) is 11.0 Å². The molecule has 2 aromatic carbocycles. The number of aryl methyl sites for hydroxylation is 3. The van der Waals surface area contributed by atoms with Crippen molar-refractivity contribution in [1.82, 2.24) is 10.3 Å². The van der Waals surface area contributed by atoms with Gasteiger partial charge < -0.3 is 10.3 Å². The Morgan fingerprint density at radius 2 is 1.81 bits per heavy atom. The highest BCUT2D eigenvalue weighted by molar-refractivity contribution is 7.92. The zero-order valence-electron chi connectivity index (χ0n) is 15.8. The number of carbonyl (C=O) groups excluding carboxylic acids is 1. The monoisotopic (exact) mass is 385 g/mol. The Balaban J connectivity index is 1.77. The Hall–Kier alpha value is -2.80. The average molecular weight is 385 g/mol. The summed E-state index contributed by atoms with van der Waals surface area (Å²) in [6.07, 6.45) is 1.10. The van der Waals surface area contributed by atoms with E-state index in [4.69, 9.17) is 0 Å². The summed E-state index contributed by atoms with van der Waals surface area (Å²) >= 11 is 0. The van der Waals surface area contributed by atoms with Gasteiger partial charge in [0.1, 0.15) is 5.69 Å². The van der Waals surface area contributed by atoms with E-state index in [1.807, 2.05) is 26.0 Å². The van der Waals surface area contributed by atoms with Crippen LogP contribution >= 0.6 is 0 Å². The van der Waals surface area contributed by atoms with Crippen LogP contribution in [0, 0.1) is 20.8 Å². The molecule has 0 saturated heterocycles. The molecule has 0 aliphatic heterocycles. The minimum absolute atomic E-state index is 0.205. The van der Waals surface area contributed by atoms with Crippen LogP contribution in [-0.4, -0.2) is 25.6 Å². The minimum atomic E-state index is -3.34. The first-order valence-electron chi connectivity index (χ1n) is 8.58. The van der Waals surface area contributed by atoms with E-state index in [1.165, 1.54) is 5.56 Å². The molecule has 0 radical (unpaired) electrons. The second kappa shape index (κ2) is 7.08. The molecule has 6 nitrogen and oxygen atoms in total. The second-order valence-corrected chi connectivity index (χ2v) is 8.61. The van der Waals surface area contributed by atoms with Gasteiger partial charge >= 0.3 is 0 Å². The number of aromatic amines is 1. The number of benzene rings is 2. The first kappa shape index (κ1) is 19.0. The molecular formula is C20H23N3O3S. The van der Waals surface area contributed by atoms with Gasteiger partial charge in [-0.15, -0.1) is 0 Å². The van der Waals surface area contributed by atoms with E-state index in [1.54, 1.807) is 18.2 Å². The van der Waals surface area contributed by atoms with Gasteiger partial charge in [0, 0.05) is 23.1 Å². The van der Waals surface area contributed by atoms with Crippen LogP contribution in [0.1, 0.15) is 32.7 Å². The third kappa shape index (κ3) is 4.31. The van der Waals surface area contributed by atoms with Crippen LogP contribution < -0.4 is 10.0 Å².